The number of rotatable bonds is 8. The van der Waals surface area contributed by atoms with Crippen molar-refractivity contribution in [2.75, 3.05) is 0 Å². The molecule has 7 heteroatoms. The Balaban J connectivity index is 2.42. The van der Waals surface area contributed by atoms with Crippen LogP contribution in [0.25, 0.3) is 0 Å². The first-order valence-corrected chi connectivity index (χ1v) is 11.5. The second-order valence-corrected chi connectivity index (χ2v) is 10.4. The van der Waals surface area contributed by atoms with Crippen molar-refractivity contribution in [3.05, 3.63) is 35.9 Å². The number of alkyl carbamates (subject to hydrolysis) is 1. The van der Waals surface area contributed by atoms with E-state index in [2.05, 4.69) is 17.6 Å². The maximum Gasteiger partial charge on any atom is 0.408 e. The van der Waals surface area contributed by atoms with E-state index in [9.17, 15) is 14.4 Å². The van der Waals surface area contributed by atoms with Crippen molar-refractivity contribution in [1.82, 2.24) is 15.5 Å². The van der Waals surface area contributed by atoms with Crippen LogP contribution in [0.1, 0.15) is 73.4 Å². The van der Waals surface area contributed by atoms with E-state index in [0.717, 1.165) is 12.0 Å². The van der Waals surface area contributed by atoms with Gasteiger partial charge in [0.2, 0.25) is 11.8 Å². The van der Waals surface area contributed by atoms with Crippen LogP contribution in [-0.2, 0) is 14.3 Å². The van der Waals surface area contributed by atoms with Crippen molar-refractivity contribution in [2.24, 2.45) is 11.8 Å². The van der Waals surface area contributed by atoms with Gasteiger partial charge in [-0.15, -0.1) is 0 Å². The minimum Gasteiger partial charge on any atom is -0.444 e. The highest BCUT2D eigenvalue weighted by molar-refractivity contribution is 5.92. The van der Waals surface area contributed by atoms with E-state index in [-0.39, 0.29) is 35.7 Å². The third-order valence-corrected chi connectivity index (χ3v) is 5.36. The van der Waals surface area contributed by atoms with Gasteiger partial charge in [0, 0.05) is 12.1 Å². The van der Waals surface area contributed by atoms with E-state index in [4.69, 9.17) is 4.74 Å². The number of benzene rings is 1. The molecular weight excluding hydrogens is 406 g/mol. The Morgan fingerprint density at radius 1 is 1.03 bits per heavy atom. The molecule has 0 saturated heterocycles. The molecule has 178 valence electrons. The van der Waals surface area contributed by atoms with Crippen molar-refractivity contribution >= 4 is 17.9 Å². The Hall–Kier alpha value is -2.57. The standard InChI is InChI=1S/C25H39N3O4/c1-15(2)20(27-24(31)32-25(6,7)8)23(30)28(19-14-17(19)5)21(22(29)26-16(3)4)18-12-10-9-11-13-18/h9-13,15-17,19-21H,14H2,1-8H3,(H,26,29)(H,27,31). The molecule has 1 saturated carbocycles. The second-order valence-electron chi connectivity index (χ2n) is 10.4. The Morgan fingerprint density at radius 3 is 2.03 bits per heavy atom. The number of nitrogens with one attached hydrogen (secondary N) is 2. The Morgan fingerprint density at radius 2 is 1.59 bits per heavy atom. The summed E-state index contributed by atoms with van der Waals surface area (Å²) in [5.74, 6) is -0.395. The molecule has 0 aromatic heterocycles. The highest BCUT2D eigenvalue weighted by Gasteiger charge is 2.48. The van der Waals surface area contributed by atoms with Gasteiger partial charge < -0.3 is 20.3 Å². The zero-order valence-electron chi connectivity index (χ0n) is 20.6. The van der Waals surface area contributed by atoms with Gasteiger partial charge in [-0.25, -0.2) is 4.79 Å². The largest absolute Gasteiger partial charge is 0.444 e. The number of carbonyl (C=O) groups is 3. The first kappa shape index (κ1) is 25.7. The summed E-state index contributed by atoms with van der Waals surface area (Å²) in [6.45, 7) is 14.9. The number of nitrogens with zero attached hydrogens (tertiary/aromatic N) is 1. The molecule has 0 aliphatic heterocycles. The van der Waals surface area contributed by atoms with Crippen LogP contribution in [0.3, 0.4) is 0 Å². The van der Waals surface area contributed by atoms with Gasteiger partial charge in [-0.05, 0) is 58.4 Å². The first-order chi connectivity index (χ1) is 14.8. The second kappa shape index (κ2) is 10.4. The van der Waals surface area contributed by atoms with E-state index in [0.29, 0.717) is 0 Å². The molecule has 1 aromatic rings. The SMILES string of the molecule is CC(C)NC(=O)C(c1ccccc1)N(C(=O)C(NC(=O)OC(C)(C)C)C(C)C)C1CC1C. The number of hydrogen-bond acceptors (Lipinski definition) is 4. The fourth-order valence-electron chi connectivity index (χ4n) is 3.72. The lowest BCUT2D eigenvalue weighted by Gasteiger charge is -2.36. The molecule has 7 nitrogen and oxygen atoms in total. The normalized spacial score (nSPS) is 19.8. The molecule has 32 heavy (non-hydrogen) atoms. The van der Waals surface area contributed by atoms with Crippen LogP contribution in [0.2, 0.25) is 0 Å². The minimum absolute atomic E-state index is 0.0627. The van der Waals surface area contributed by atoms with E-state index >= 15 is 0 Å². The first-order valence-electron chi connectivity index (χ1n) is 11.5. The molecular formula is C25H39N3O4. The summed E-state index contributed by atoms with van der Waals surface area (Å²) < 4.78 is 5.39. The topological polar surface area (TPSA) is 87.7 Å². The van der Waals surface area contributed by atoms with Gasteiger partial charge in [0.1, 0.15) is 17.7 Å². The van der Waals surface area contributed by atoms with Crippen LogP contribution in [0, 0.1) is 11.8 Å². The zero-order chi connectivity index (χ0) is 24.2. The lowest BCUT2D eigenvalue weighted by Crippen LogP contribution is -2.56. The summed E-state index contributed by atoms with van der Waals surface area (Å²) in [6.07, 6.45) is 0.178. The molecule has 0 spiro atoms. The molecule has 4 atom stereocenters. The monoisotopic (exact) mass is 445 g/mol. The van der Waals surface area contributed by atoms with Crippen molar-refractivity contribution in [3.8, 4) is 0 Å². The van der Waals surface area contributed by atoms with Crippen LogP contribution in [0.4, 0.5) is 4.79 Å². The Labute approximate surface area is 192 Å². The van der Waals surface area contributed by atoms with E-state index in [1.54, 1.807) is 25.7 Å². The van der Waals surface area contributed by atoms with Gasteiger partial charge in [-0.1, -0.05) is 51.1 Å². The lowest BCUT2D eigenvalue weighted by atomic mass is 9.98. The summed E-state index contributed by atoms with van der Waals surface area (Å²) in [4.78, 5) is 41.4. The Kier molecular flexibility index (Phi) is 8.32. The van der Waals surface area contributed by atoms with E-state index in [1.807, 2.05) is 58.0 Å². The number of carbonyl (C=O) groups excluding carboxylic acids is 3. The van der Waals surface area contributed by atoms with Crippen molar-refractivity contribution in [2.45, 2.75) is 91.6 Å². The smallest absolute Gasteiger partial charge is 0.408 e. The summed E-state index contributed by atoms with van der Waals surface area (Å²) in [5.41, 5.74) is 0.0705. The summed E-state index contributed by atoms with van der Waals surface area (Å²) in [5, 5.41) is 5.72. The zero-order valence-corrected chi connectivity index (χ0v) is 20.6. The maximum atomic E-state index is 13.9. The minimum atomic E-state index is -0.810. The number of hydrogen-bond donors (Lipinski definition) is 2. The molecule has 4 unspecified atom stereocenters. The van der Waals surface area contributed by atoms with Crippen LogP contribution < -0.4 is 10.6 Å². The molecule has 0 bridgehead atoms. The van der Waals surface area contributed by atoms with Crippen molar-refractivity contribution in [3.63, 3.8) is 0 Å². The fourth-order valence-corrected chi connectivity index (χ4v) is 3.72. The molecule has 0 radical (unpaired) electrons. The third-order valence-electron chi connectivity index (χ3n) is 5.36. The lowest BCUT2D eigenvalue weighted by molar-refractivity contribution is -0.144. The number of ether oxygens (including phenoxy) is 1. The predicted octanol–water partition coefficient (Wildman–Crippen LogP) is 4.04. The van der Waals surface area contributed by atoms with Gasteiger partial charge >= 0.3 is 6.09 Å². The van der Waals surface area contributed by atoms with Gasteiger partial charge in [-0.2, -0.15) is 0 Å². The molecule has 2 N–H and O–H groups in total. The molecule has 1 aliphatic rings. The van der Waals surface area contributed by atoms with Crippen molar-refractivity contribution < 1.29 is 19.1 Å². The molecule has 1 fully saturated rings. The summed E-state index contributed by atoms with van der Waals surface area (Å²) in [7, 11) is 0. The van der Waals surface area contributed by atoms with Gasteiger partial charge in [0.25, 0.3) is 0 Å². The molecule has 3 amide bonds. The molecule has 1 aliphatic carbocycles. The van der Waals surface area contributed by atoms with Gasteiger partial charge in [0.15, 0.2) is 0 Å². The van der Waals surface area contributed by atoms with E-state index < -0.39 is 23.8 Å². The quantitative estimate of drug-likeness (QED) is 0.632. The third kappa shape index (κ3) is 6.97. The molecule has 1 aromatic carbocycles. The highest BCUT2D eigenvalue weighted by atomic mass is 16.6. The van der Waals surface area contributed by atoms with Crippen LogP contribution in [-0.4, -0.2) is 46.5 Å². The van der Waals surface area contributed by atoms with Crippen molar-refractivity contribution in [1.29, 1.82) is 0 Å². The summed E-state index contributed by atoms with van der Waals surface area (Å²) in [6, 6.07) is 7.63. The van der Waals surface area contributed by atoms with Crippen LogP contribution in [0.15, 0.2) is 30.3 Å². The maximum absolute atomic E-state index is 13.9. The van der Waals surface area contributed by atoms with Crippen LogP contribution >= 0.6 is 0 Å². The van der Waals surface area contributed by atoms with Gasteiger partial charge in [0.05, 0.1) is 0 Å². The fraction of sp³-hybridized carbons (Fsp3) is 0.640. The Bertz CT molecular complexity index is 801. The predicted molar refractivity (Wildman–Crippen MR) is 125 cm³/mol. The molecule has 2 rings (SSSR count). The summed E-state index contributed by atoms with van der Waals surface area (Å²) >= 11 is 0. The average Bonchev–Trinajstić information content (AvgIpc) is 3.37. The average molecular weight is 446 g/mol. The molecule has 0 heterocycles. The number of amides is 3. The van der Waals surface area contributed by atoms with E-state index in [1.165, 1.54) is 0 Å². The van der Waals surface area contributed by atoms with Gasteiger partial charge in [-0.3, -0.25) is 9.59 Å². The highest BCUT2D eigenvalue weighted by Crippen LogP contribution is 2.41. The van der Waals surface area contributed by atoms with Crippen LogP contribution in [0.5, 0.6) is 0 Å².